The zero-order chi connectivity index (χ0) is 14.0. The molecule has 7 nitrogen and oxygen atoms in total. The summed E-state index contributed by atoms with van der Waals surface area (Å²) in [5.41, 5.74) is 2.08. The van der Waals surface area contributed by atoms with Crippen LogP contribution in [-0.4, -0.2) is 35.9 Å². The fourth-order valence-electron chi connectivity index (χ4n) is 1.80. The lowest BCUT2D eigenvalue weighted by Gasteiger charge is -2.01. The maximum atomic E-state index is 10.6. The van der Waals surface area contributed by atoms with Gasteiger partial charge in [0.15, 0.2) is 0 Å². The predicted molar refractivity (Wildman–Crippen MR) is 68.1 cm³/mol. The van der Waals surface area contributed by atoms with Gasteiger partial charge in [-0.2, -0.15) is 5.10 Å². The smallest absolute Gasteiger partial charge is 0.309 e. The molecule has 0 aliphatic heterocycles. The molecule has 2 aromatic heterocycles. The minimum Gasteiger partial charge on any atom is -0.481 e. The number of carboxylic acid groups (broad SMARTS) is 1. The van der Waals surface area contributed by atoms with Gasteiger partial charge >= 0.3 is 5.97 Å². The van der Waals surface area contributed by atoms with Gasteiger partial charge in [-0.25, -0.2) is 4.68 Å². The quantitative estimate of drug-likeness (QED) is 0.881. The van der Waals surface area contributed by atoms with Gasteiger partial charge in [0.2, 0.25) is 0 Å². The second kappa shape index (κ2) is 5.40. The van der Waals surface area contributed by atoms with Gasteiger partial charge in [0.25, 0.3) is 0 Å². The Labute approximate surface area is 114 Å². The molecule has 0 saturated carbocycles. The highest BCUT2D eigenvalue weighted by Gasteiger charge is 2.14. The Hall–Kier alpha value is -1.89. The van der Waals surface area contributed by atoms with Gasteiger partial charge in [0.05, 0.1) is 35.1 Å². The van der Waals surface area contributed by atoms with Crippen LogP contribution in [0.25, 0.3) is 0 Å². The van der Waals surface area contributed by atoms with Crippen molar-refractivity contribution in [3.05, 3.63) is 28.3 Å². The number of nitrogens with zero attached hydrogens (tertiary/aromatic N) is 5. The molecule has 102 valence electrons. The Balaban J connectivity index is 2.19. The summed E-state index contributed by atoms with van der Waals surface area (Å²) in [6, 6.07) is 0. The number of rotatable bonds is 5. The lowest BCUT2D eigenvalue weighted by atomic mass is 10.3. The highest BCUT2D eigenvalue weighted by atomic mass is 35.5. The van der Waals surface area contributed by atoms with Crippen LogP contribution in [0.5, 0.6) is 0 Å². The van der Waals surface area contributed by atoms with Gasteiger partial charge in [-0.1, -0.05) is 23.7 Å². The molecule has 1 N–H and O–H groups in total. The van der Waals surface area contributed by atoms with Gasteiger partial charge in [0, 0.05) is 13.2 Å². The zero-order valence-corrected chi connectivity index (χ0v) is 11.4. The van der Waals surface area contributed by atoms with Crippen LogP contribution < -0.4 is 0 Å². The zero-order valence-electron chi connectivity index (χ0n) is 10.7. The third-order valence-electron chi connectivity index (χ3n) is 2.73. The molecule has 8 heteroatoms. The van der Waals surface area contributed by atoms with Crippen molar-refractivity contribution in [2.75, 3.05) is 0 Å². The van der Waals surface area contributed by atoms with Gasteiger partial charge < -0.3 is 5.11 Å². The van der Waals surface area contributed by atoms with E-state index in [0.29, 0.717) is 17.3 Å². The summed E-state index contributed by atoms with van der Waals surface area (Å²) in [5.74, 6) is -0.932. The van der Waals surface area contributed by atoms with E-state index >= 15 is 0 Å². The molecule has 0 atom stereocenters. The van der Waals surface area contributed by atoms with E-state index in [2.05, 4.69) is 15.4 Å². The Kier molecular flexibility index (Phi) is 3.84. The summed E-state index contributed by atoms with van der Waals surface area (Å²) in [5, 5.41) is 21.3. The number of aryl methyl sites for hydroxylation is 2. The van der Waals surface area contributed by atoms with E-state index in [1.54, 1.807) is 15.6 Å². The van der Waals surface area contributed by atoms with Crippen molar-refractivity contribution in [2.45, 2.75) is 26.3 Å². The molecule has 0 radical (unpaired) electrons. The third kappa shape index (κ3) is 2.93. The third-order valence-corrected chi connectivity index (χ3v) is 3.17. The van der Waals surface area contributed by atoms with E-state index in [4.69, 9.17) is 16.7 Å². The van der Waals surface area contributed by atoms with E-state index in [9.17, 15) is 4.79 Å². The molecule has 2 heterocycles. The first kappa shape index (κ1) is 13.5. The monoisotopic (exact) mass is 283 g/mol. The van der Waals surface area contributed by atoms with Crippen LogP contribution in [-0.2, 0) is 31.2 Å². The minimum absolute atomic E-state index is 0.140. The predicted octanol–water partition coefficient (Wildman–Crippen LogP) is 0.903. The van der Waals surface area contributed by atoms with E-state index < -0.39 is 5.97 Å². The average Bonchev–Trinajstić information content (AvgIpc) is 2.88. The normalized spacial score (nSPS) is 10.9. The molecule has 0 aliphatic rings. The lowest BCUT2D eigenvalue weighted by molar-refractivity contribution is -0.136. The average molecular weight is 284 g/mol. The van der Waals surface area contributed by atoms with Gasteiger partial charge in [-0.15, -0.1) is 5.10 Å². The first-order valence-electron chi connectivity index (χ1n) is 5.82. The maximum absolute atomic E-state index is 10.6. The summed E-state index contributed by atoms with van der Waals surface area (Å²) in [6.07, 6.45) is 2.22. The van der Waals surface area contributed by atoms with Crippen molar-refractivity contribution >= 4 is 17.6 Å². The van der Waals surface area contributed by atoms with E-state index in [1.807, 2.05) is 14.0 Å². The molecule has 0 saturated heterocycles. The summed E-state index contributed by atoms with van der Waals surface area (Å²) < 4.78 is 3.26. The summed E-state index contributed by atoms with van der Waals surface area (Å²) in [6.45, 7) is 2.40. The van der Waals surface area contributed by atoms with Crippen molar-refractivity contribution in [1.29, 1.82) is 0 Å². The molecule has 0 amide bonds. The van der Waals surface area contributed by atoms with Crippen molar-refractivity contribution in [3.8, 4) is 0 Å². The highest BCUT2D eigenvalue weighted by molar-refractivity contribution is 6.31. The molecule has 0 bridgehead atoms. The van der Waals surface area contributed by atoms with Crippen LogP contribution in [0.1, 0.15) is 24.0 Å². The molecule has 0 fully saturated rings. The van der Waals surface area contributed by atoms with E-state index in [-0.39, 0.29) is 6.42 Å². The molecule has 0 aliphatic carbocycles. The van der Waals surface area contributed by atoms with Gasteiger partial charge in [0.1, 0.15) is 0 Å². The fraction of sp³-hybridized carbons (Fsp3) is 0.455. The standard InChI is InChI=1S/C11H14ClN5O2/c1-3-8-11(12)9(16(2)14-8)6-17-5-7(13-15-17)4-10(18)19/h5H,3-4,6H2,1-2H3,(H,18,19). The first-order valence-corrected chi connectivity index (χ1v) is 6.20. The molecule has 2 aromatic rings. The van der Waals surface area contributed by atoms with Crippen LogP contribution in [0, 0.1) is 0 Å². The lowest BCUT2D eigenvalue weighted by Crippen LogP contribution is -2.06. The van der Waals surface area contributed by atoms with E-state index in [0.717, 1.165) is 17.8 Å². The van der Waals surface area contributed by atoms with Crippen molar-refractivity contribution in [1.82, 2.24) is 24.8 Å². The highest BCUT2D eigenvalue weighted by Crippen LogP contribution is 2.21. The summed E-state index contributed by atoms with van der Waals surface area (Å²) in [7, 11) is 1.81. The number of aromatic nitrogens is 5. The number of halogens is 1. The molecule has 19 heavy (non-hydrogen) atoms. The number of hydrogen-bond donors (Lipinski definition) is 1. The molecule has 0 aromatic carbocycles. The second-order valence-electron chi connectivity index (χ2n) is 4.16. The Morgan fingerprint density at radius 2 is 2.26 bits per heavy atom. The van der Waals surface area contributed by atoms with Crippen LogP contribution in [0.3, 0.4) is 0 Å². The maximum Gasteiger partial charge on any atom is 0.309 e. The molecular formula is C11H14ClN5O2. The summed E-state index contributed by atoms with van der Waals surface area (Å²) in [4.78, 5) is 10.6. The Bertz CT molecular complexity index is 604. The van der Waals surface area contributed by atoms with Crippen molar-refractivity contribution in [3.63, 3.8) is 0 Å². The minimum atomic E-state index is -0.932. The van der Waals surface area contributed by atoms with Crippen molar-refractivity contribution in [2.24, 2.45) is 7.05 Å². The van der Waals surface area contributed by atoms with Crippen LogP contribution in [0.2, 0.25) is 5.02 Å². The van der Waals surface area contributed by atoms with Gasteiger partial charge in [-0.3, -0.25) is 9.48 Å². The number of aliphatic carboxylic acids is 1. The van der Waals surface area contributed by atoms with Crippen molar-refractivity contribution < 1.29 is 9.90 Å². The first-order chi connectivity index (χ1) is 9.01. The van der Waals surface area contributed by atoms with E-state index in [1.165, 1.54) is 0 Å². The largest absolute Gasteiger partial charge is 0.481 e. The Morgan fingerprint density at radius 3 is 2.84 bits per heavy atom. The van der Waals surface area contributed by atoms with Crippen LogP contribution in [0.15, 0.2) is 6.20 Å². The Morgan fingerprint density at radius 1 is 1.53 bits per heavy atom. The number of hydrogen-bond acceptors (Lipinski definition) is 4. The molecule has 2 rings (SSSR count). The number of carboxylic acids is 1. The van der Waals surface area contributed by atoms with Crippen LogP contribution in [0.4, 0.5) is 0 Å². The molecule has 0 spiro atoms. The topological polar surface area (TPSA) is 85.8 Å². The summed E-state index contributed by atoms with van der Waals surface area (Å²) >= 11 is 6.23. The van der Waals surface area contributed by atoms with Gasteiger partial charge in [-0.05, 0) is 6.42 Å². The molecule has 0 unspecified atom stereocenters. The van der Waals surface area contributed by atoms with Crippen LogP contribution >= 0.6 is 11.6 Å². The second-order valence-corrected chi connectivity index (χ2v) is 4.54. The fourth-order valence-corrected chi connectivity index (χ4v) is 2.15. The number of carbonyl (C=O) groups is 1. The SMILES string of the molecule is CCc1nn(C)c(Cn2cc(CC(=O)O)nn2)c1Cl. The molecular weight excluding hydrogens is 270 g/mol.